The molecule has 100 valence electrons. The second-order valence-electron chi connectivity index (χ2n) is 4.34. The molecule has 0 unspecified atom stereocenters. The second kappa shape index (κ2) is 5.62. The highest BCUT2D eigenvalue weighted by molar-refractivity contribution is 5.80. The molecular formula is C13H16N4O2. The third kappa shape index (κ3) is 3.17. The zero-order valence-corrected chi connectivity index (χ0v) is 10.9. The van der Waals surface area contributed by atoms with Gasteiger partial charge in [-0.1, -0.05) is 23.4 Å². The lowest BCUT2D eigenvalue weighted by Crippen LogP contribution is -2.38. The summed E-state index contributed by atoms with van der Waals surface area (Å²) in [5, 5.41) is 6.45. The van der Waals surface area contributed by atoms with Gasteiger partial charge >= 0.3 is 0 Å². The molecule has 0 aliphatic heterocycles. The molecule has 0 aliphatic rings. The minimum atomic E-state index is -0.553. The largest absolute Gasteiger partial charge is 0.347 e. The number of amides is 1. The summed E-state index contributed by atoms with van der Waals surface area (Å²) in [5.74, 6) is 0.623. The van der Waals surface area contributed by atoms with Crippen LogP contribution in [0.15, 0.2) is 28.8 Å². The summed E-state index contributed by atoms with van der Waals surface area (Å²) in [4.78, 5) is 15.6. The molecule has 0 bridgehead atoms. The number of carbonyl (C=O) groups is 1. The van der Waals surface area contributed by atoms with Crippen molar-refractivity contribution in [2.75, 3.05) is 0 Å². The number of nitrogens with zero attached hydrogens (tertiary/aromatic N) is 2. The molecule has 0 saturated heterocycles. The molecule has 1 heterocycles. The molecule has 1 atom stereocenters. The van der Waals surface area contributed by atoms with Crippen molar-refractivity contribution < 1.29 is 9.32 Å². The maximum Gasteiger partial charge on any atom is 0.258 e. The average Bonchev–Trinajstić information content (AvgIpc) is 2.85. The van der Waals surface area contributed by atoms with Crippen molar-refractivity contribution in [2.45, 2.75) is 26.4 Å². The molecule has 0 saturated carbocycles. The predicted octanol–water partition coefficient (Wildman–Crippen LogP) is 1.01. The first-order valence-corrected chi connectivity index (χ1v) is 6.00. The highest BCUT2D eigenvalue weighted by atomic mass is 16.5. The Balaban J connectivity index is 2.08. The van der Waals surface area contributed by atoms with Crippen molar-refractivity contribution in [1.82, 2.24) is 15.5 Å². The van der Waals surface area contributed by atoms with Crippen molar-refractivity contribution in [3.8, 4) is 11.5 Å². The van der Waals surface area contributed by atoms with Gasteiger partial charge in [-0.3, -0.25) is 4.79 Å². The number of nitrogens with two attached hydrogens (primary N) is 1. The van der Waals surface area contributed by atoms with Crippen LogP contribution in [0.25, 0.3) is 11.5 Å². The van der Waals surface area contributed by atoms with Gasteiger partial charge in [0.25, 0.3) is 5.89 Å². The molecule has 2 aromatic rings. The molecule has 19 heavy (non-hydrogen) atoms. The Morgan fingerprint density at radius 1 is 1.47 bits per heavy atom. The normalized spacial score (nSPS) is 12.2. The van der Waals surface area contributed by atoms with E-state index in [-0.39, 0.29) is 12.5 Å². The van der Waals surface area contributed by atoms with Crippen LogP contribution in [0.2, 0.25) is 0 Å². The van der Waals surface area contributed by atoms with Crippen LogP contribution in [0.4, 0.5) is 0 Å². The number of nitrogens with one attached hydrogen (secondary N) is 1. The first-order chi connectivity index (χ1) is 9.08. The number of aryl methyl sites for hydroxylation is 1. The Labute approximate surface area is 111 Å². The van der Waals surface area contributed by atoms with Gasteiger partial charge in [0.05, 0.1) is 12.6 Å². The average molecular weight is 260 g/mol. The zero-order chi connectivity index (χ0) is 13.8. The molecule has 0 radical (unpaired) electrons. The Morgan fingerprint density at radius 2 is 2.21 bits per heavy atom. The van der Waals surface area contributed by atoms with Gasteiger partial charge < -0.3 is 15.6 Å². The number of hydrogen-bond acceptors (Lipinski definition) is 5. The molecule has 6 heteroatoms. The maximum absolute atomic E-state index is 11.3. The minimum absolute atomic E-state index is 0.204. The Bertz CT molecular complexity index is 578. The van der Waals surface area contributed by atoms with E-state index < -0.39 is 6.04 Å². The number of hydrogen-bond donors (Lipinski definition) is 2. The van der Waals surface area contributed by atoms with Crippen LogP contribution in [0.3, 0.4) is 0 Å². The van der Waals surface area contributed by atoms with E-state index in [0.717, 1.165) is 11.1 Å². The van der Waals surface area contributed by atoms with Gasteiger partial charge in [0.15, 0.2) is 5.82 Å². The Kier molecular flexibility index (Phi) is 3.91. The summed E-state index contributed by atoms with van der Waals surface area (Å²) in [6.45, 7) is 3.79. The van der Waals surface area contributed by atoms with Crippen molar-refractivity contribution in [3.05, 3.63) is 35.7 Å². The fourth-order valence-corrected chi connectivity index (χ4v) is 1.58. The molecule has 0 aliphatic carbocycles. The van der Waals surface area contributed by atoms with Crippen LogP contribution in [0, 0.1) is 6.92 Å². The fourth-order valence-electron chi connectivity index (χ4n) is 1.58. The van der Waals surface area contributed by atoms with Crippen molar-refractivity contribution in [2.24, 2.45) is 5.73 Å². The van der Waals surface area contributed by atoms with E-state index in [1.807, 2.05) is 31.2 Å². The van der Waals surface area contributed by atoms with Crippen LogP contribution < -0.4 is 11.1 Å². The van der Waals surface area contributed by atoms with Crippen LogP contribution in [0.1, 0.15) is 18.3 Å². The predicted molar refractivity (Wildman–Crippen MR) is 70.0 cm³/mol. The molecule has 1 aromatic heterocycles. The van der Waals surface area contributed by atoms with Crippen LogP contribution >= 0.6 is 0 Å². The molecule has 1 aromatic carbocycles. The molecule has 1 amide bonds. The first kappa shape index (κ1) is 13.2. The number of aromatic nitrogens is 2. The summed E-state index contributed by atoms with van der Waals surface area (Å²) < 4.78 is 5.18. The van der Waals surface area contributed by atoms with E-state index in [4.69, 9.17) is 10.3 Å². The molecule has 0 spiro atoms. The van der Waals surface area contributed by atoms with E-state index in [1.165, 1.54) is 0 Å². The summed E-state index contributed by atoms with van der Waals surface area (Å²) in [5.41, 5.74) is 7.38. The van der Waals surface area contributed by atoms with Crippen molar-refractivity contribution in [1.29, 1.82) is 0 Å². The molecule has 0 fully saturated rings. The minimum Gasteiger partial charge on any atom is -0.347 e. The first-order valence-electron chi connectivity index (χ1n) is 6.00. The summed E-state index contributed by atoms with van der Waals surface area (Å²) >= 11 is 0. The third-order valence-corrected chi connectivity index (χ3v) is 2.68. The van der Waals surface area contributed by atoms with Gasteiger partial charge in [-0.2, -0.15) is 4.98 Å². The van der Waals surface area contributed by atoms with Gasteiger partial charge in [-0.05, 0) is 25.5 Å². The number of benzene rings is 1. The van der Waals surface area contributed by atoms with E-state index in [0.29, 0.717) is 11.7 Å². The van der Waals surface area contributed by atoms with Gasteiger partial charge in [-0.25, -0.2) is 0 Å². The monoisotopic (exact) mass is 260 g/mol. The lowest BCUT2D eigenvalue weighted by molar-refractivity contribution is -0.122. The Morgan fingerprint density at radius 3 is 2.89 bits per heavy atom. The fraction of sp³-hybridized carbons (Fsp3) is 0.308. The SMILES string of the molecule is Cc1ccccc1-c1nc(CNC(=O)[C@@H](C)N)no1. The van der Waals surface area contributed by atoms with E-state index in [2.05, 4.69) is 15.5 Å². The number of carbonyl (C=O) groups excluding carboxylic acids is 1. The Hall–Kier alpha value is -2.21. The molecule has 3 N–H and O–H groups in total. The molecule has 6 nitrogen and oxygen atoms in total. The van der Waals surface area contributed by atoms with E-state index in [1.54, 1.807) is 6.92 Å². The van der Waals surface area contributed by atoms with Crippen LogP contribution in [-0.2, 0) is 11.3 Å². The zero-order valence-electron chi connectivity index (χ0n) is 10.9. The summed E-state index contributed by atoms with van der Waals surface area (Å²) in [6, 6.07) is 7.18. The van der Waals surface area contributed by atoms with Gasteiger partial charge in [0, 0.05) is 5.56 Å². The summed E-state index contributed by atoms with van der Waals surface area (Å²) in [6.07, 6.45) is 0. The van der Waals surface area contributed by atoms with Crippen molar-refractivity contribution >= 4 is 5.91 Å². The molecular weight excluding hydrogens is 244 g/mol. The smallest absolute Gasteiger partial charge is 0.258 e. The lowest BCUT2D eigenvalue weighted by atomic mass is 10.1. The van der Waals surface area contributed by atoms with E-state index >= 15 is 0 Å². The highest BCUT2D eigenvalue weighted by Crippen LogP contribution is 2.20. The van der Waals surface area contributed by atoms with Gasteiger partial charge in [-0.15, -0.1) is 0 Å². The highest BCUT2D eigenvalue weighted by Gasteiger charge is 2.12. The van der Waals surface area contributed by atoms with Gasteiger partial charge in [0.1, 0.15) is 0 Å². The number of rotatable bonds is 4. The molecule has 2 rings (SSSR count). The summed E-state index contributed by atoms with van der Waals surface area (Å²) in [7, 11) is 0. The van der Waals surface area contributed by atoms with Crippen LogP contribution in [-0.4, -0.2) is 22.1 Å². The quantitative estimate of drug-likeness (QED) is 0.855. The van der Waals surface area contributed by atoms with Crippen LogP contribution in [0.5, 0.6) is 0 Å². The topological polar surface area (TPSA) is 94.0 Å². The second-order valence-corrected chi connectivity index (χ2v) is 4.34. The standard InChI is InChI=1S/C13H16N4O2/c1-8-5-3-4-6-10(8)13-16-11(17-19-13)7-15-12(18)9(2)14/h3-6,9H,7,14H2,1-2H3,(H,15,18)/t9-/m1/s1. The third-order valence-electron chi connectivity index (χ3n) is 2.68. The lowest BCUT2D eigenvalue weighted by Gasteiger charge is -2.04. The van der Waals surface area contributed by atoms with Gasteiger partial charge in [0.2, 0.25) is 5.91 Å². The maximum atomic E-state index is 11.3. The van der Waals surface area contributed by atoms with E-state index in [9.17, 15) is 4.79 Å². The van der Waals surface area contributed by atoms with Crippen molar-refractivity contribution in [3.63, 3.8) is 0 Å².